The number of nitrogens with one attached hydrogen (secondary N) is 1. The molecule has 1 aliphatic rings. The van der Waals surface area contributed by atoms with Gasteiger partial charge in [0.2, 0.25) is 0 Å². The van der Waals surface area contributed by atoms with E-state index in [1.807, 2.05) is 79.7 Å². The summed E-state index contributed by atoms with van der Waals surface area (Å²) in [6.45, 7) is 2.35. The predicted octanol–water partition coefficient (Wildman–Crippen LogP) is 5.34. The van der Waals surface area contributed by atoms with E-state index >= 15 is 0 Å². The number of amidine groups is 1. The molecule has 1 saturated heterocycles. The van der Waals surface area contributed by atoms with Crippen LogP contribution in [0.15, 0.2) is 88.8 Å². The molecule has 178 valence electrons. The number of nitrogens with zero attached hydrogens (tertiary/aromatic N) is 2. The summed E-state index contributed by atoms with van der Waals surface area (Å²) in [5.74, 6) is 1.00. The van der Waals surface area contributed by atoms with Gasteiger partial charge in [0.05, 0.1) is 17.7 Å². The monoisotopic (exact) mass is 487 g/mol. The van der Waals surface area contributed by atoms with Crippen molar-refractivity contribution in [1.29, 1.82) is 0 Å². The van der Waals surface area contributed by atoms with Gasteiger partial charge in [0.15, 0.2) is 11.8 Å². The molecule has 0 radical (unpaired) electrons. The van der Waals surface area contributed by atoms with Crippen molar-refractivity contribution in [1.82, 2.24) is 4.90 Å². The summed E-state index contributed by atoms with van der Waals surface area (Å²) in [5, 5.41) is 3.41. The molecule has 3 aromatic carbocycles. The number of rotatable bonds is 8. The van der Waals surface area contributed by atoms with Crippen LogP contribution in [0.1, 0.15) is 12.5 Å². The van der Waals surface area contributed by atoms with Gasteiger partial charge < -0.3 is 14.8 Å². The molecule has 1 aliphatic heterocycles. The molecule has 2 amide bonds. The van der Waals surface area contributed by atoms with Crippen LogP contribution in [0.3, 0.4) is 0 Å². The first-order valence-electron chi connectivity index (χ1n) is 11.1. The number of carbonyl (C=O) groups excluding carboxylic acids is 2. The van der Waals surface area contributed by atoms with Gasteiger partial charge in [-0.05, 0) is 78.9 Å². The second kappa shape index (κ2) is 11.4. The van der Waals surface area contributed by atoms with Crippen molar-refractivity contribution >= 4 is 46.2 Å². The van der Waals surface area contributed by atoms with Gasteiger partial charge in [0, 0.05) is 12.2 Å². The molecule has 7 nitrogen and oxygen atoms in total. The van der Waals surface area contributed by atoms with Crippen LogP contribution in [0.2, 0.25) is 0 Å². The molecule has 0 aliphatic carbocycles. The molecular formula is C27H25N3O4S. The number of ether oxygens (including phenoxy) is 2. The van der Waals surface area contributed by atoms with E-state index in [2.05, 4.69) is 10.3 Å². The Bertz CT molecular complexity index is 1240. The minimum absolute atomic E-state index is 0.0809. The number of aliphatic imine (C=N–C) groups is 1. The van der Waals surface area contributed by atoms with E-state index in [1.165, 1.54) is 11.8 Å². The topological polar surface area (TPSA) is 80.2 Å². The molecule has 1 N–H and O–H groups in total. The highest BCUT2D eigenvalue weighted by molar-refractivity contribution is 8.18. The van der Waals surface area contributed by atoms with Crippen molar-refractivity contribution in [3.05, 3.63) is 89.3 Å². The van der Waals surface area contributed by atoms with Gasteiger partial charge in [-0.2, -0.15) is 0 Å². The van der Waals surface area contributed by atoms with Crippen molar-refractivity contribution in [2.24, 2.45) is 4.99 Å². The number of hydrogen-bond donors (Lipinski definition) is 1. The molecule has 0 aromatic heterocycles. The SMILES string of the molecule is CCN1C(=O)/C(=C\c2ccc(OCC(=O)Nc3ccccc3)cc2)SC1=Nc1ccc(OC)cc1. The smallest absolute Gasteiger partial charge is 0.266 e. The summed E-state index contributed by atoms with van der Waals surface area (Å²) in [7, 11) is 1.61. The first kappa shape index (κ1) is 24.1. The van der Waals surface area contributed by atoms with Crippen LogP contribution in [0, 0.1) is 0 Å². The Morgan fingerprint density at radius 3 is 2.34 bits per heavy atom. The maximum Gasteiger partial charge on any atom is 0.266 e. The van der Waals surface area contributed by atoms with Crippen molar-refractivity contribution in [2.45, 2.75) is 6.92 Å². The molecule has 35 heavy (non-hydrogen) atoms. The highest BCUT2D eigenvalue weighted by Gasteiger charge is 2.32. The van der Waals surface area contributed by atoms with Crippen molar-refractivity contribution in [2.75, 3.05) is 25.6 Å². The fourth-order valence-electron chi connectivity index (χ4n) is 3.32. The van der Waals surface area contributed by atoms with Gasteiger partial charge >= 0.3 is 0 Å². The van der Waals surface area contributed by atoms with Crippen LogP contribution in [-0.2, 0) is 9.59 Å². The van der Waals surface area contributed by atoms with Gasteiger partial charge in [-0.15, -0.1) is 0 Å². The quantitative estimate of drug-likeness (QED) is 0.434. The first-order valence-corrected chi connectivity index (χ1v) is 11.9. The fraction of sp³-hybridized carbons (Fsp3) is 0.148. The van der Waals surface area contributed by atoms with E-state index in [4.69, 9.17) is 9.47 Å². The van der Waals surface area contributed by atoms with Crippen molar-refractivity contribution in [3.63, 3.8) is 0 Å². The molecule has 3 aromatic rings. The molecule has 1 fully saturated rings. The highest BCUT2D eigenvalue weighted by atomic mass is 32.2. The number of methoxy groups -OCH3 is 1. The summed E-state index contributed by atoms with van der Waals surface area (Å²) in [6, 6.07) is 23.8. The third kappa shape index (κ3) is 6.30. The van der Waals surface area contributed by atoms with Crippen LogP contribution in [-0.4, -0.2) is 42.1 Å². The van der Waals surface area contributed by atoms with Gasteiger partial charge in [0.1, 0.15) is 11.5 Å². The van der Waals surface area contributed by atoms with E-state index in [-0.39, 0.29) is 18.4 Å². The second-order valence-corrected chi connectivity index (χ2v) is 8.53. The van der Waals surface area contributed by atoms with Crippen LogP contribution in [0.25, 0.3) is 6.08 Å². The van der Waals surface area contributed by atoms with E-state index in [9.17, 15) is 9.59 Å². The molecular weight excluding hydrogens is 462 g/mol. The Morgan fingerprint density at radius 1 is 1.00 bits per heavy atom. The third-order valence-electron chi connectivity index (χ3n) is 5.11. The van der Waals surface area contributed by atoms with Crippen LogP contribution in [0.4, 0.5) is 11.4 Å². The van der Waals surface area contributed by atoms with E-state index < -0.39 is 0 Å². The van der Waals surface area contributed by atoms with Crippen LogP contribution < -0.4 is 14.8 Å². The number of para-hydroxylation sites is 1. The molecule has 1 heterocycles. The molecule has 0 saturated carbocycles. The standard InChI is InChI=1S/C27H25N3O4S/c1-3-30-26(32)24(35-27(30)29-21-11-15-22(33-2)16-12-21)17-19-9-13-23(14-10-19)34-18-25(31)28-20-7-5-4-6-8-20/h4-17H,3,18H2,1-2H3,(H,28,31)/b24-17+,29-27?. The number of likely N-dealkylation sites (N-methyl/N-ethyl adjacent to an activating group) is 1. The normalized spacial score (nSPS) is 15.5. The van der Waals surface area contributed by atoms with E-state index in [1.54, 1.807) is 24.1 Å². The predicted molar refractivity (Wildman–Crippen MR) is 140 cm³/mol. The van der Waals surface area contributed by atoms with Gasteiger partial charge in [-0.25, -0.2) is 4.99 Å². The number of thioether (sulfide) groups is 1. The van der Waals surface area contributed by atoms with Crippen molar-refractivity contribution in [3.8, 4) is 11.5 Å². The molecule has 0 spiro atoms. The summed E-state index contributed by atoms with van der Waals surface area (Å²) < 4.78 is 10.8. The van der Waals surface area contributed by atoms with Gasteiger partial charge in [0.25, 0.3) is 11.8 Å². The van der Waals surface area contributed by atoms with Gasteiger partial charge in [-0.1, -0.05) is 30.3 Å². The summed E-state index contributed by atoms with van der Waals surface area (Å²) >= 11 is 1.34. The Kier molecular flexibility index (Phi) is 7.84. The second-order valence-electron chi connectivity index (χ2n) is 7.52. The number of amides is 2. The maximum absolute atomic E-state index is 12.9. The molecule has 8 heteroatoms. The zero-order valence-electron chi connectivity index (χ0n) is 19.4. The van der Waals surface area contributed by atoms with Crippen LogP contribution in [0.5, 0.6) is 11.5 Å². The average molecular weight is 488 g/mol. The number of benzene rings is 3. The Balaban J connectivity index is 1.39. The fourth-order valence-corrected chi connectivity index (χ4v) is 4.38. The van der Waals surface area contributed by atoms with Crippen LogP contribution >= 0.6 is 11.8 Å². The summed E-state index contributed by atoms with van der Waals surface area (Å²) in [4.78, 5) is 31.9. The Hall–Kier alpha value is -4.04. The largest absolute Gasteiger partial charge is 0.497 e. The number of hydrogen-bond acceptors (Lipinski definition) is 6. The lowest BCUT2D eigenvalue weighted by molar-refractivity contribution is -0.122. The maximum atomic E-state index is 12.9. The van der Waals surface area contributed by atoms with E-state index in [0.717, 1.165) is 22.7 Å². The molecule has 0 unspecified atom stereocenters. The average Bonchev–Trinajstić information content (AvgIpc) is 3.18. The summed E-state index contributed by atoms with van der Waals surface area (Å²) in [6.07, 6.45) is 1.83. The lowest BCUT2D eigenvalue weighted by Crippen LogP contribution is -2.28. The molecule has 0 bridgehead atoms. The third-order valence-corrected chi connectivity index (χ3v) is 6.11. The minimum Gasteiger partial charge on any atom is -0.497 e. The van der Waals surface area contributed by atoms with Crippen molar-refractivity contribution < 1.29 is 19.1 Å². The first-order chi connectivity index (χ1) is 17.1. The highest BCUT2D eigenvalue weighted by Crippen LogP contribution is 2.34. The number of carbonyl (C=O) groups is 2. The number of anilines is 1. The Morgan fingerprint density at radius 2 is 1.69 bits per heavy atom. The zero-order chi connectivity index (χ0) is 24.6. The minimum atomic E-state index is -0.237. The van der Waals surface area contributed by atoms with E-state index in [0.29, 0.717) is 22.4 Å². The van der Waals surface area contributed by atoms with Gasteiger partial charge in [-0.3, -0.25) is 14.5 Å². The Labute approximate surface area is 208 Å². The summed E-state index contributed by atoms with van der Waals surface area (Å²) in [5.41, 5.74) is 2.32. The molecule has 4 rings (SSSR count). The zero-order valence-corrected chi connectivity index (χ0v) is 20.2. The lowest BCUT2D eigenvalue weighted by Gasteiger charge is -2.12. The molecule has 0 atom stereocenters. The lowest BCUT2D eigenvalue weighted by atomic mass is 10.2.